The number of carbonyl (C=O) groups is 1. The third kappa shape index (κ3) is 8.06. The Bertz CT molecular complexity index is 521. The Morgan fingerprint density at radius 2 is 1.83 bits per heavy atom. The Balaban J connectivity index is 2.40. The number of thioether (sulfide) groups is 1. The van der Waals surface area contributed by atoms with Crippen molar-refractivity contribution in [1.82, 2.24) is 0 Å². The molecule has 0 radical (unpaired) electrons. The van der Waals surface area contributed by atoms with Crippen molar-refractivity contribution in [3.63, 3.8) is 0 Å². The monoisotopic (exact) mass is 414 g/mol. The van der Waals surface area contributed by atoms with Crippen molar-refractivity contribution in [1.29, 1.82) is 0 Å². The maximum atomic E-state index is 11.3. The molecule has 136 valence electrons. The average Bonchev–Trinajstić information content (AvgIpc) is 2.52. The van der Waals surface area contributed by atoms with Crippen molar-refractivity contribution in [3.05, 3.63) is 18.2 Å². The van der Waals surface area contributed by atoms with Crippen LogP contribution in [-0.4, -0.2) is 35.3 Å². The van der Waals surface area contributed by atoms with Gasteiger partial charge in [0.15, 0.2) is 0 Å². The van der Waals surface area contributed by atoms with Crippen LogP contribution in [0.25, 0.3) is 0 Å². The highest BCUT2D eigenvalue weighted by Gasteiger charge is 2.32. The summed E-state index contributed by atoms with van der Waals surface area (Å²) in [4.78, 5) is 12.3. The van der Waals surface area contributed by atoms with Gasteiger partial charge in [-0.15, -0.1) is 11.8 Å². The van der Waals surface area contributed by atoms with Crippen LogP contribution in [0.2, 0.25) is 0 Å². The Morgan fingerprint density at radius 3 is 2.46 bits per heavy atom. The van der Waals surface area contributed by atoms with E-state index in [1.165, 1.54) is 0 Å². The lowest BCUT2D eigenvalue weighted by Crippen LogP contribution is -2.22. The van der Waals surface area contributed by atoms with E-state index in [0.29, 0.717) is 19.6 Å². The highest BCUT2D eigenvalue weighted by Crippen LogP contribution is 2.33. The van der Waals surface area contributed by atoms with Crippen LogP contribution in [-0.2, 0) is 9.53 Å². The summed E-state index contributed by atoms with van der Waals surface area (Å²) in [6, 6.07) is 5.79. The zero-order valence-corrected chi connectivity index (χ0v) is 16.7. The Morgan fingerprint density at radius 1 is 1.12 bits per heavy atom. The van der Waals surface area contributed by atoms with Crippen LogP contribution in [0, 0.1) is 0 Å². The molecular formula is C16H21Cl3O4S. The number of halogens is 3. The summed E-state index contributed by atoms with van der Waals surface area (Å²) in [5, 5.41) is 0. The summed E-state index contributed by atoms with van der Waals surface area (Å²) >= 11 is 17.9. The molecule has 1 rings (SSSR count). The van der Waals surface area contributed by atoms with Crippen molar-refractivity contribution in [2.45, 2.75) is 35.4 Å². The molecule has 8 heteroatoms. The van der Waals surface area contributed by atoms with Gasteiger partial charge in [-0.3, -0.25) is 0 Å². The van der Waals surface area contributed by atoms with Gasteiger partial charge < -0.3 is 14.2 Å². The number of esters is 1. The molecule has 4 nitrogen and oxygen atoms in total. The summed E-state index contributed by atoms with van der Waals surface area (Å²) < 4.78 is 14.0. The van der Waals surface area contributed by atoms with Crippen LogP contribution in [0.4, 0.5) is 0 Å². The van der Waals surface area contributed by atoms with Gasteiger partial charge in [0.2, 0.25) is 0 Å². The van der Waals surface area contributed by atoms with Crippen LogP contribution in [0.5, 0.6) is 11.5 Å². The summed E-state index contributed by atoms with van der Waals surface area (Å²) in [7, 11) is 0. The van der Waals surface area contributed by atoms with E-state index >= 15 is 0 Å². The van der Waals surface area contributed by atoms with E-state index in [4.69, 9.17) is 49.0 Å². The number of carbonyl (C=O) groups excluding carboxylic acids is 1. The molecule has 1 aromatic carbocycles. The molecular weight excluding hydrogens is 395 g/mol. The minimum absolute atomic E-state index is 0.227. The fraction of sp³-hybridized carbons (Fsp3) is 0.562. The molecule has 24 heavy (non-hydrogen) atoms. The van der Waals surface area contributed by atoms with Gasteiger partial charge in [-0.2, -0.15) is 0 Å². The molecule has 0 saturated carbocycles. The molecule has 0 heterocycles. The molecule has 0 aliphatic heterocycles. The van der Waals surface area contributed by atoms with Gasteiger partial charge in [-0.05, 0) is 50.6 Å². The second-order valence-corrected chi connectivity index (χ2v) is 8.08. The van der Waals surface area contributed by atoms with Crippen LogP contribution >= 0.6 is 46.6 Å². The van der Waals surface area contributed by atoms with Crippen LogP contribution < -0.4 is 9.47 Å². The number of hydrogen-bond donors (Lipinski definition) is 0. The molecule has 0 spiro atoms. The molecule has 0 N–H and O–H groups in total. The first-order valence-electron chi connectivity index (χ1n) is 7.64. The average molecular weight is 416 g/mol. The summed E-state index contributed by atoms with van der Waals surface area (Å²) in [5.74, 6) is 1.66. The molecule has 0 fully saturated rings. The van der Waals surface area contributed by atoms with Crippen molar-refractivity contribution < 1.29 is 19.0 Å². The third-order valence-corrected chi connectivity index (χ3v) is 4.37. The minimum Gasteiger partial charge on any atom is -0.494 e. The summed E-state index contributed by atoms with van der Waals surface area (Å²) in [5.41, 5.74) is 0. The second-order valence-electron chi connectivity index (χ2n) is 4.66. The lowest BCUT2D eigenvalue weighted by atomic mass is 10.3. The first-order chi connectivity index (χ1) is 11.4. The predicted molar refractivity (Wildman–Crippen MR) is 100.0 cm³/mol. The fourth-order valence-corrected chi connectivity index (χ4v) is 2.97. The highest BCUT2D eigenvalue weighted by atomic mass is 35.6. The Hall–Kier alpha value is -0.490. The van der Waals surface area contributed by atoms with E-state index < -0.39 is 9.76 Å². The van der Waals surface area contributed by atoms with E-state index in [2.05, 4.69) is 0 Å². The third-order valence-electron chi connectivity index (χ3n) is 2.79. The Labute approximate surface area is 162 Å². The normalized spacial score (nSPS) is 11.2. The molecule has 0 saturated heterocycles. The molecule has 0 aromatic heterocycles. The number of hydrogen-bond acceptors (Lipinski definition) is 5. The lowest BCUT2D eigenvalue weighted by Gasteiger charge is -2.12. The fourth-order valence-electron chi connectivity index (χ4n) is 1.77. The SMILES string of the molecule is CCOc1ccc(OCC)c(SCCCCOC(=O)C(Cl)(Cl)Cl)c1. The topological polar surface area (TPSA) is 44.8 Å². The highest BCUT2D eigenvalue weighted by molar-refractivity contribution is 7.99. The van der Waals surface area contributed by atoms with Crippen molar-refractivity contribution in [3.8, 4) is 11.5 Å². The number of alkyl halides is 3. The van der Waals surface area contributed by atoms with Gasteiger partial charge in [0.25, 0.3) is 3.79 Å². The zero-order chi connectivity index (χ0) is 18.0. The van der Waals surface area contributed by atoms with Crippen LogP contribution in [0.15, 0.2) is 23.1 Å². The largest absolute Gasteiger partial charge is 0.494 e. The maximum absolute atomic E-state index is 11.3. The molecule has 0 unspecified atom stereocenters. The van der Waals surface area contributed by atoms with Crippen LogP contribution in [0.1, 0.15) is 26.7 Å². The summed E-state index contributed by atoms with van der Waals surface area (Å²) in [6.45, 7) is 5.34. The van der Waals surface area contributed by atoms with E-state index in [0.717, 1.165) is 28.6 Å². The molecule has 0 amide bonds. The van der Waals surface area contributed by atoms with E-state index in [9.17, 15) is 4.79 Å². The van der Waals surface area contributed by atoms with Gasteiger partial charge in [-0.1, -0.05) is 34.8 Å². The Kier molecular flexibility index (Phi) is 10.0. The van der Waals surface area contributed by atoms with Gasteiger partial charge in [0.05, 0.1) is 24.7 Å². The molecule has 0 aliphatic carbocycles. The lowest BCUT2D eigenvalue weighted by molar-refractivity contribution is -0.142. The van der Waals surface area contributed by atoms with E-state index in [1.54, 1.807) is 11.8 Å². The van der Waals surface area contributed by atoms with Crippen LogP contribution in [0.3, 0.4) is 0 Å². The smallest absolute Gasteiger partial charge is 0.358 e. The number of unbranched alkanes of at least 4 members (excludes halogenated alkanes) is 1. The van der Waals surface area contributed by atoms with E-state index in [1.807, 2.05) is 32.0 Å². The number of ether oxygens (including phenoxy) is 3. The predicted octanol–water partition coefficient (Wildman–Crippen LogP) is 5.27. The minimum atomic E-state index is -2.01. The second kappa shape index (κ2) is 11.2. The summed E-state index contributed by atoms with van der Waals surface area (Å²) in [6.07, 6.45) is 1.54. The quantitative estimate of drug-likeness (QED) is 0.225. The number of rotatable bonds is 10. The van der Waals surface area contributed by atoms with Gasteiger partial charge in [0, 0.05) is 0 Å². The van der Waals surface area contributed by atoms with Gasteiger partial charge >= 0.3 is 5.97 Å². The number of benzene rings is 1. The molecule has 0 atom stereocenters. The zero-order valence-electron chi connectivity index (χ0n) is 13.6. The molecule has 0 bridgehead atoms. The van der Waals surface area contributed by atoms with Gasteiger partial charge in [0.1, 0.15) is 11.5 Å². The maximum Gasteiger partial charge on any atom is 0.358 e. The van der Waals surface area contributed by atoms with Crippen molar-refractivity contribution in [2.24, 2.45) is 0 Å². The van der Waals surface area contributed by atoms with E-state index in [-0.39, 0.29) is 6.61 Å². The van der Waals surface area contributed by atoms with Crippen molar-refractivity contribution >= 4 is 52.5 Å². The van der Waals surface area contributed by atoms with Gasteiger partial charge in [-0.25, -0.2) is 4.79 Å². The first-order valence-corrected chi connectivity index (χ1v) is 9.76. The molecule has 0 aliphatic rings. The van der Waals surface area contributed by atoms with Crippen molar-refractivity contribution in [2.75, 3.05) is 25.6 Å². The standard InChI is InChI=1S/C16H21Cl3O4S/c1-3-21-12-7-8-13(22-4-2)14(11-12)24-10-6-5-9-23-15(20)16(17,18)19/h7-8,11H,3-6,9-10H2,1-2H3. The first kappa shape index (κ1) is 21.6. The molecule has 1 aromatic rings.